The third-order valence-corrected chi connectivity index (χ3v) is 5.21. The van der Waals surface area contributed by atoms with Crippen molar-refractivity contribution in [1.82, 2.24) is 0 Å². The van der Waals surface area contributed by atoms with Gasteiger partial charge < -0.3 is 5.11 Å². The molecular formula is C13H24O3S. The molecular weight excluding hydrogens is 236 g/mol. The largest absolute Gasteiger partial charge is 0.393 e. The van der Waals surface area contributed by atoms with Crippen LogP contribution >= 0.6 is 0 Å². The van der Waals surface area contributed by atoms with Crippen molar-refractivity contribution >= 4 is 9.84 Å². The molecule has 4 heteroatoms. The van der Waals surface area contributed by atoms with E-state index < -0.39 is 9.84 Å². The lowest BCUT2D eigenvalue weighted by atomic mass is 9.97. The third-order valence-electron chi connectivity index (χ3n) is 3.38. The fourth-order valence-corrected chi connectivity index (χ4v) is 4.29. The van der Waals surface area contributed by atoms with Crippen LogP contribution in [0, 0.1) is 5.92 Å². The van der Waals surface area contributed by atoms with Gasteiger partial charge >= 0.3 is 0 Å². The molecule has 2 atom stereocenters. The maximum absolute atomic E-state index is 11.3. The van der Waals surface area contributed by atoms with Crippen LogP contribution in [0.2, 0.25) is 0 Å². The number of aliphatic hydroxyl groups is 1. The molecule has 1 aliphatic rings. The van der Waals surface area contributed by atoms with Crippen LogP contribution in [0.15, 0.2) is 12.7 Å². The van der Waals surface area contributed by atoms with Crippen molar-refractivity contribution in [2.75, 3.05) is 11.5 Å². The van der Waals surface area contributed by atoms with E-state index in [1.807, 2.05) is 6.08 Å². The number of hydrogen-bond donors (Lipinski definition) is 1. The smallest absolute Gasteiger partial charge is 0.150 e. The van der Waals surface area contributed by atoms with Gasteiger partial charge in [0.05, 0.1) is 17.6 Å². The van der Waals surface area contributed by atoms with Crippen molar-refractivity contribution in [1.29, 1.82) is 0 Å². The van der Waals surface area contributed by atoms with Gasteiger partial charge in [-0.05, 0) is 38.0 Å². The van der Waals surface area contributed by atoms with Crippen molar-refractivity contribution in [2.45, 2.75) is 51.0 Å². The molecule has 100 valence electrons. The molecule has 1 N–H and O–H groups in total. The number of rotatable bonds is 8. The van der Waals surface area contributed by atoms with Gasteiger partial charge in [-0.25, -0.2) is 8.42 Å². The van der Waals surface area contributed by atoms with Gasteiger partial charge in [0.1, 0.15) is 0 Å². The molecule has 1 rings (SSSR count). The van der Waals surface area contributed by atoms with Crippen LogP contribution in [0.25, 0.3) is 0 Å². The molecule has 0 radical (unpaired) electrons. The molecule has 1 fully saturated rings. The summed E-state index contributed by atoms with van der Waals surface area (Å²) in [4.78, 5) is 0. The van der Waals surface area contributed by atoms with Gasteiger partial charge in [-0.1, -0.05) is 18.9 Å². The molecule has 0 aliphatic carbocycles. The van der Waals surface area contributed by atoms with Crippen LogP contribution in [0.3, 0.4) is 0 Å². The molecule has 0 spiro atoms. The van der Waals surface area contributed by atoms with Crippen molar-refractivity contribution in [3.05, 3.63) is 12.7 Å². The fourth-order valence-electron chi connectivity index (χ4n) is 2.41. The summed E-state index contributed by atoms with van der Waals surface area (Å²) in [6.45, 7) is 3.67. The van der Waals surface area contributed by atoms with Gasteiger partial charge in [0.15, 0.2) is 9.84 Å². The summed E-state index contributed by atoms with van der Waals surface area (Å²) in [6.07, 6.45) is 8.09. The van der Waals surface area contributed by atoms with Gasteiger partial charge in [0.25, 0.3) is 0 Å². The van der Waals surface area contributed by atoms with Crippen LogP contribution in [-0.4, -0.2) is 31.1 Å². The van der Waals surface area contributed by atoms with Crippen molar-refractivity contribution in [2.24, 2.45) is 5.92 Å². The normalized spacial score (nSPS) is 24.6. The van der Waals surface area contributed by atoms with Crippen LogP contribution < -0.4 is 0 Å². The monoisotopic (exact) mass is 260 g/mol. The maximum atomic E-state index is 11.3. The zero-order valence-corrected chi connectivity index (χ0v) is 11.3. The third kappa shape index (κ3) is 6.22. The van der Waals surface area contributed by atoms with Gasteiger partial charge in [-0.3, -0.25) is 0 Å². The Morgan fingerprint density at radius 1 is 1.35 bits per heavy atom. The lowest BCUT2D eigenvalue weighted by molar-refractivity contribution is 0.134. The number of sulfone groups is 1. The Bertz CT molecular complexity index is 322. The molecule has 1 heterocycles. The molecule has 1 aliphatic heterocycles. The average molecular weight is 260 g/mol. The molecule has 0 saturated carbocycles. The van der Waals surface area contributed by atoms with E-state index in [1.54, 1.807) is 0 Å². The molecule has 3 nitrogen and oxygen atoms in total. The predicted molar refractivity (Wildman–Crippen MR) is 70.7 cm³/mol. The molecule has 1 saturated heterocycles. The molecule has 0 aromatic heterocycles. The fraction of sp³-hybridized carbons (Fsp3) is 0.846. The highest BCUT2D eigenvalue weighted by Gasteiger charge is 2.29. The van der Waals surface area contributed by atoms with E-state index in [4.69, 9.17) is 0 Å². The van der Waals surface area contributed by atoms with Crippen LogP contribution in [0.1, 0.15) is 44.9 Å². The van der Waals surface area contributed by atoms with E-state index in [1.165, 1.54) is 0 Å². The SMILES string of the molecule is C=CCCCCCC(O)CC1CCS(=O)(=O)C1. The summed E-state index contributed by atoms with van der Waals surface area (Å²) in [6, 6.07) is 0. The Kier molecular flexibility index (Phi) is 6.20. The first-order chi connectivity index (χ1) is 8.03. The Labute approximate surface area is 105 Å². The highest BCUT2D eigenvalue weighted by molar-refractivity contribution is 7.91. The highest BCUT2D eigenvalue weighted by atomic mass is 32.2. The minimum Gasteiger partial charge on any atom is -0.393 e. The second-order valence-corrected chi connectivity index (χ2v) is 7.31. The Hall–Kier alpha value is -0.350. The number of aliphatic hydroxyl groups excluding tert-OH is 1. The Morgan fingerprint density at radius 2 is 2.12 bits per heavy atom. The van der Waals surface area contributed by atoms with Gasteiger partial charge in [0.2, 0.25) is 0 Å². The second kappa shape index (κ2) is 7.17. The average Bonchev–Trinajstić information content (AvgIpc) is 2.57. The maximum Gasteiger partial charge on any atom is 0.150 e. The number of hydrogen-bond acceptors (Lipinski definition) is 3. The first-order valence-corrected chi connectivity index (χ1v) is 8.35. The first-order valence-electron chi connectivity index (χ1n) is 6.53. The van der Waals surface area contributed by atoms with Crippen molar-refractivity contribution in [3.63, 3.8) is 0 Å². The summed E-state index contributed by atoms with van der Waals surface area (Å²) in [5, 5.41) is 9.82. The lowest BCUT2D eigenvalue weighted by Crippen LogP contribution is -2.14. The minimum atomic E-state index is -2.80. The van der Waals surface area contributed by atoms with Crippen LogP contribution in [0.5, 0.6) is 0 Å². The zero-order valence-electron chi connectivity index (χ0n) is 10.5. The van der Waals surface area contributed by atoms with Crippen molar-refractivity contribution in [3.8, 4) is 0 Å². The molecule has 17 heavy (non-hydrogen) atoms. The minimum absolute atomic E-state index is 0.183. The molecule has 2 unspecified atom stereocenters. The number of unbranched alkanes of at least 4 members (excludes halogenated alkanes) is 3. The van der Waals surface area contributed by atoms with Crippen LogP contribution in [-0.2, 0) is 9.84 Å². The van der Waals surface area contributed by atoms with Crippen LogP contribution in [0.4, 0.5) is 0 Å². The first kappa shape index (κ1) is 14.7. The predicted octanol–water partition coefficient (Wildman–Crippen LogP) is 2.31. The lowest BCUT2D eigenvalue weighted by Gasteiger charge is -2.14. The summed E-state index contributed by atoms with van der Waals surface area (Å²) < 4.78 is 22.5. The van der Waals surface area contributed by atoms with Gasteiger partial charge in [-0.2, -0.15) is 0 Å². The van der Waals surface area contributed by atoms with E-state index in [9.17, 15) is 13.5 Å². The van der Waals surface area contributed by atoms with E-state index >= 15 is 0 Å². The summed E-state index contributed by atoms with van der Waals surface area (Å²) >= 11 is 0. The van der Waals surface area contributed by atoms with Gasteiger partial charge in [-0.15, -0.1) is 6.58 Å². The quantitative estimate of drug-likeness (QED) is 0.538. The topological polar surface area (TPSA) is 54.4 Å². The standard InChI is InChI=1S/C13H24O3S/c1-2-3-4-5-6-7-13(14)10-12-8-9-17(15,16)11-12/h2,12-14H,1,3-11H2. The zero-order chi connectivity index (χ0) is 12.7. The van der Waals surface area contributed by atoms with Gasteiger partial charge in [0, 0.05) is 0 Å². The molecule has 0 aromatic carbocycles. The number of allylic oxidation sites excluding steroid dienone is 1. The molecule has 0 bridgehead atoms. The Morgan fingerprint density at radius 3 is 2.71 bits per heavy atom. The summed E-state index contributed by atoms with van der Waals surface area (Å²) in [7, 11) is -2.80. The van der Waals surface area contributed by atoms with E-state index in [0.717, 1.165) is 38.5 Å². The van der Waals surface area contributed by atoms with E-state index in [-0.39, 0.29) is 17.8 Å². The molecule has 0 amide bonds. The second-order valence-electron chi connectivity index (χ2n) is 5.09. The van der Waals surface area contributed by atoms with Crippen molar-refractivity contribution < 1.29 is 13.5 Å². The molecule has 0 aromatic rings. The van der Waals surface area contributed by atoms with E-state index in [2.05, 4.69) is 6.58 Å². The summed E-state index contributed by atoms with van der Waals surface area (Å²) in [5.41, 5.74) is 0. The highest BCUT2D eigenvalue weighted by Crippen LogP contribution is 2.24. The van der Waals surface area contributed by atoms with E-state index in [0.29, 0.717) is 12.2 Å². The summed E-state index contributed by atoms with van der Waals surface area (Å²) in [5.74, 6) is 0.771. The Balaban J connectivity index is 2.09.